The molecule has 1 heterocycles. The first kappa shape index (κ1) is 11.8. The average Bonchev–Trinajstić information content (AvgIpc) is 2.54. The Bertz CT molecular complexity index is 500. The van der Waals surface area contributed by atoms with Crippen LogP contribution in [0.25, 0.3) is 10.9 Å². The highest BCUT2D eigenvalue weighted by Gasteiger charge is 2.08. The molecule has 0 saturated heterocycles. The standard InChI is InChI=1S/C13H15Cl2N/c1-9(2)7-16-8-12(15)11-5-10(6-14)3-4-13(11)16/h3-5,8-9H,6-7H2,1-2H3. The molecule has 0 spiro atoms. The number of rotatable bonds is 3. The molecule has 0 atom stereocenters. The number of halogens is 2. The van der Waals surface area contributed by atoms with E-state index in [1.54, 1.807) is 0 Å². The third kappa shape index (κ3) is 2.21. The fourth-order valence-corrected chi connectivity index (χ4v) is 2.36. The van der Waals surface area contributed by atoms with Gasteiger partial charge in [0, 0.05) is 29.5 Å². The molecule has 0 saturated carbocycles. The molecule has 0 aliphatic carbocycles. The Morgan fingerprint density at radius 2 is 2.06 bits per heavy atom. The summed E-state index contributed by atoms with van der Waals surface area (Å²) in [4.78, 5) is 0. The van der Waals surface area contributed by atoms with Gasteiger partial charge in [0.1, 0.15) is 0 Å². The van der Waals surface area contributed by atoms with Crippen LogP contribution in [0.3, 0.4) is 0 Å². The van der Waals surface area contributed by atoms with Gasteiger partial charge in [-0.25, -0.2) is 0 Å². The smallest absolute Gasteiger partial charge is 0.0661 e. The van der Waals surface area contributed by atoms with Crippen molar-refractivity contribution < 1.29 is 0 Å². The molecule has 0 radical (unpaired) electrons. The predicted octanol–water partition coefficient (Wildman–Crippen LogP) is 4.69. The molecular formula is C13H15Cl2N. The second-order valence-corrected chi connectivity index (χ2v) is 5.18. The maximum absolute atomic E-state index is 6.23. The molecule has 2 aromatic rings. The Kier molecular flexibility index (Phi) is 3.46. The Morgan fingerprint density at radius 1 is 1.31 bits per heavy atom. The van der Waals surface area contributed by atoms with Crippen LogP contribution in [0.4, 0.5) is 0 Å². The van der Waals surface area contributed by atoms with E-state index in [1.165, 1.54) is 5.52 Å². The number of benzene rings is 1. The van der Waals surface area contributed by atoms with Crippen molar-refractivity contribution in [2.45, 2.75) is 26.3 Å². The van der Waals surface area contributed by atoms with Gasteiger partial charge >= 0.3 is 0 Å². The van der Waals surface area contributed by atoms with E-state index in [0.717, 1.165) is 22.5 Å². The first-order valence-electron chi connectivity index (χ1n) is 5.45. The van der Waals surface area contributed by atoms with Crippen molar-refractivity contribution in [3.05, 3.63) is 35.0 Å². The molecule has 0 N–H and O–H groups in total. The van der Waals surface area contributed by atoms with E-state index in [2.05, 4.69) is 36.6 Å². The molecule has 16 heavy (non-hydrogen) atoms. The number of alkyl halides is 1. The largest absolute Gasteiger partial charge is 0.346 e. The van der Waals surface area contributed by atoms with E-state index in [1.807, 2.05) is 6.20 Å². The van der Waals surface area contributed by atoms with Gasteiger partial charge in [-0.15, -0.1) is 11.6 Å². The van der Waals surface area contributed by atoms with Crippen LogP contribution in [0, 0.1) is 5.92 Å². The Labute approximate surface area is 106 Å². The fourth-order valence-electron chi connectivity index (χ4n) is 1.93. The highest BCUT2D eigenvalue weighted by Crippen LogP contribution is 2.27. The van der Waals surface area contributed by atoms with Gasteiger partial charge in [0.15, 0.2) is 0 Å². The second-order valence-electron chi connectivity index (χ2n) is 4.51. The first-order valence-corrected chi connectivity index (χ1v) is 6.36. The van der Waals surface area contributed by atoms with Crippen LogP contribution in [-0.4, -0.2) is 4.57 Å². The fraction of sp³-hybridized carbons (Fsp3) is 0.385. The van der Waals surface area contributed by atoms with Crippen molar-refractivity contribution in [2.24, 2.45) is 5.92 Å². The minimum Gasteiger partial charge on any atom is -0.346 e. The lowest BCUT2D eigenvalue weighted by atomic mass is 10.2. The molecule has 1 nitrogen and oxygen atoms in total. The molecule has 0 unspecified atom stereocenters. The summed E-state index contributed by atoms with van der Waals surface area (Å²) in [6.45, 7) is 5.39. The van der Waals surface area contributed by atoms with Gasteiger partial charge in [-0.1, -0.05) is 31.5 Å². The van der Waals surface area contributed by atoms with Gasteiger partial charge in [-0.2, -0.15) is 0 Å². The lowest BCUT2D eigenvalue weighted by Gasteiger charge is -2.08. The van der Waals surface area contributed by atoms with Crippen LogP contribution < -0.4 is 0 Å². The van der Waals surface area contributed by atoms with E-state index in [-0.39, 0.29) is 0 Å². The van der Waals surface area contributed by atoms with Gasteiger partial charge in [-0.05, 0) is 23.6 Å². The van der Waals surface area contributed by atoms with Crippen molar-refractivity contribution >= 4 is 34.1 Å². The van der Waals surface area contributed by atoms with Crippen LogP contribution in [0.15, 0.2) is 24.4 Å². The van der Waals surface area contributed by atoms with E-state index in [9.17, 15) is 0 Å². The summed E-state index contributed by atoms with van der Waals surface area (Å²) in [5, 5.41) is 1.91. The molecule has 1 aromatic carbocycles. The van der Waals surface area contributed by atoms with Crippen LogP contribution >= 0.6 is 23.2 Å². The number of fused-ring (bicyclic) bond motifs is 1. The highest BCUT2D eigenvalue weighted by atomic mass is 35.5. The van der Waals surface area contributed by atoms with E-state index in [0.29, 0.717) is 11.8 Å². The molecule has 86 valence electrons. The normalized spacial score (nSPS) is 11.6. The maximum Gasteiger partial charge on any atom is 0.0661 e. The van der Waals surface area contributed by atoms with E-state index in [4.69, 9.17) is 23.2 Å². The number of hydrogen-bond donors (Lipinski definition) is 0. The van der Waals surface area contributed by atoms with Crippen molar-refractivity contribution in [3.8, 4) is 0 Å². The molecule has 3 heteroatoms. The van der Waals surface area contributed by atoms with E-state index >= 15 is 0 Å². The molecule has 0 aliphatic rings. The summed E-state index contributed by atoms with van der Waals surface area (Å²) in [5.74, 6) is 1.14. The van der Waals surface area contributed by atoms with Crippen molar-refractivity contribution in [1.29, 1.82) is 0 Å². The summed E-state index contributed by atoms with van der Waals surface area (Å²) in [6.07, 6.45) is 2.00. The highest BCUT2D eigenvalue weighted by molar-refractivity contribution is 6.35. The van der Waals surface area contributed by atoms with Gasteiger partial charge < -0.3 is 4.57 Å². The van der Waals surface area contributed by atoms with Gasteiger partial charge in [0.25, 0.3) is 0 Å². The summed E-state index contributed by atoms with van der Waals surface area (Å²) in [5.41, 5.74) is 2.30. The second kappa shape index (κ2) is 4.68. The summed E-state index contributed by atoms with van der Waals surface area (Å²) in [7, 11) is 0. The minimum atomic E-state index is 0.529. The monoisotopic (exact) mass is 255 g/mol. The average molecular weight is 256 g/mol. The topological polar surface area (TPSA) is 4.93 Å². The lowest BCUT2D eigenvalue weighted by Crippen LogP contribution is -2.02. The number of hydrogen-bond acceptors (Lipinski definition) is 0. The zero-order valence-electron chi connectivity index (χ0n) is 9.50. The Hall–Kier alpha value is -0.660. The van der Waals surface area contributed by atoms with Gasteiger partial charge in [0.2, 0.25) is 0 Å². The minimum absolute atomic E-state index is 0.529. The molecule has 0 bridgehead atoms. The quantitative estimate of drug-likeness (QED) is 0.702. The lowest BCUT2D eigenvalue weighted by molar-refractivity contribution is 0.535. The van der Waals surface area contributed by atoms with Crippen LogP contribution in [0.5, 0.6) is 0 Å². The van der Waals surface area contributed by atoms with Crippen molar-refractivity contribution in [1.82, 2.24) is 4.57 Å². The zero-order valence-corrected chi connectivity index (χ0v) is 11.0. The van der Waals surface area contributed by atoms with E-state index < -0.39 is 0 Å². The van der Waals surface area contributed by atoms with Crippen molar-refractivity contribution in [2.75, 3.05) is 0 Å². The Balaban J connectivity index is 2.53. The number of aromatic nitrogens is 1. The molecular weight excluding hydrogens is 241 g/mol. The summed E-state index contributed by atoms with van der Waals surface area (Å²) in [6, 6.07) is 6.23. The molecule has 0 fully saturated rings. The molecule has 0 amide bonds. The molecule has 0 aliphatic heterocycles. The van der Waals surface area contributed by atoms with Crippen LogP contribution in [-0.2, 0) is 12.4 Å². The molecule has 2 rings (SSSR count). The SMILES string of the molecule is CC(C)Cn1cc(Cl)c2cc(CCl)ccc21. The van der Waals surface area contributed by atoms with Crippen molar-refractivity contribution in [3.63, 3.8) is 0 Å². The van der Waals surface area contributed by atoms with Crippen LogP contribution in [0.2, 0.25) is 5.02 Å². The Morgan fingerprint density at radius 3 is 2.69 bits per heavy atom. The first-order chi connectivity index (χ1) is 7.61. The molecule has 1 aromatic heterocycles. The maximum atomic E-state index is 6.23. The summed E-state index contributed by atoms with van der Waals surface area (Å²) >= 11 is 12.0. The summed E-state index contributed by atoms with van der Waals surface area (Å²) < 4.78 is 2.21. The third-order valence-electron chi connectivity index (χ3n) is 2.61. The van der Waals surface area contributed by atoms with Gasteiger partial charge in [0.05, 0.1) is 5.02 Å². The third-order valence-corrected chi connectivity index (χ3v) is 3.22. The number of nitrogens with zero attached hydrogens (tertiary/aromatic N) is 1. The zero-order chi connectivity index (χ0) is 11.7. The van der Waals surface area contributed by atoms with Crippen LogP contribution in [0.1, 0.15) is 19.4 Å². The van der Waals surface area contributed by atoms with Gasteiger partial charge in [-0.3, -0.25) is 0 Å². The predicted molar refractivity (Wildman–Crippen MR) is 71.3 cm³/mol.